The van der Waals surface area contributed by atoms with Crippen molar-refractivity contribution in [2.24, 2.45) is 0 Å². The van der Waals surface area contributed by atoms with Gasteiger partial charge in [0, 0.05) is 18.3 Å². The topological polar surface area (TPSA) is 66.7 Å². The minimum atomic E-state index is 0.726. The molecule has 0 bridgehead atoms. The molecule has 0 spiro atoms. The maximum Gasteiger partial charge on any atom is 0.0576 e. The molecule has 1 aromatic carbocycles. The first-order valence-electron chi connectivity index (χ1n) is 4.83. The number of rotatable bonds is 3. The van der Waals surface area contributed by atoms with Crippen molar-refractivity contribution in [2.45, 2.75) is 13.5 Å². The molecule has 0 fully saturated rings. The van der Waals surface area contributed by atoms with Gasteiger partial charge in [-0.1, -0.05) is 6.07 Å². The van der Waals surface area contributed by atoms with Crippen LogP contribution in [0.2, 0.25) is 0 Å². The van der Waals surface area contributed by atoms with Crippen LogP contribution in [-0.2, 0) is 6.54 Å². The minimum absolute atomic E-state index is 0.726. The van der Waals surface area contributed by atoms with Gasteiger partial charge in [0.05, 0.1) is 17.6 Å². The summed E-state index contributed by atoms with van der Waals surface area (Å²) in [5, 5.41) is 9.90. The van der Waals surface area contributed by atoms with E-state index in [1.54, 1.807) is 6.20 Å². The molecule has 2 rings (SSSR count). The zero-order chi connectivity index (χ0) is 10.7. The van der Waals surface area contributed by atoms with E-state index in [9.17, 15) is 0 Å². The van der Waals surface area contributed by atoms with Crippen molar-refractivity contribution < 1.29 is 0 Å². The summed E-state index contributed by atoms with van der Waals surface area (Å²) in [7, 11) is 0. The van der Waals surface area contributed by atoms with Gasteiger partial charge >= 0.3 is 0 Å². The second kappa shape index (κ2) is 4.04. The number of hydrogen-bond donors (Lipinski definition) is 3. The van der Waals surface area contributed by atoms with Crippen LogP contribution in [0.5, 0.6) is 0 Å². The molecule has 0 radical (unpaired) electrons. The van der Waals surface area contributed by atoms with Crippen molar-refractivity contribution in [3.05, 3.63) is 41.7 Å². The monoisotopic (exact) mass is 202 g/mol. The van der Waals surface area contributed by atoms with E-state index in [4.69, 9.17) is 5.73 Å². The first-order chi connectivity index (χ1) is 7.25. The van der Waals surface area contributed by atoms with E-state index >= 15 is 0 Å². The number of nitrogens with one attached hydrogen (secondary N) is 2. The van der Waals surface area contributed by atoms with Gasteiger partial charge in [-0.05, 0) is 24.6 Å². The van der Waals surface area contributed by atoms with E-state index in [1.165, 1.54) is 5.56 Å². The molecule has 0 aliphatic rings. The van der Waals surface area contributed by atoms with Crippen LogP contribution in [-0.4, -0.2) is 10.2 Å². The minimum Gasteiger partial charge on any atom is -0.397 e. The molecule has 0 aliphatic carbocycles. The van der Waals surface area contributed by atoms with Crippen molar-refractivity contribution in [3.63, 3.8) is 0 Å². The van der Waals surface area contributed by atoms with Crippen LogP contribution in [0.4, 0.5) is 11.4 Å². The Morgan fingerprint density at radius 3 is 3.00 bits per heavy atom. The van der Waals surface area contributed by atoms with Gasteiger partial charge in [0.1, 0.15) is 0 Å². The zero-order valence-electron chi connectivity index (χ0n) is 8.62. The predicted octanol–water partition coefficient (Wildman–Crippen LogP) is 1.91. The fourth-order valence-electron chi connectivity index (χ4n) is 1.41. The summed E-state index contributed by atoms with van der Waals surface area (Å²) in [6, 6.07) is 5.98. The maximum atomic E-state index is 5.87. The molecule has 4 N–H and O–H groups in total. The van der Waals surface area contributed by atoms with Gasteiger partial charge in [-0.25, -0.2) is 0 Å². The van der Waals surface area contributed by atoms with Gasteiger partial charge in [-0.15, -0.1) is 0 Å². The summed E-state index contributed by atoms with van der Waals surface area (Å²) < 4.78 is 0. The van der Waals surface area contributed by atoms with Gasteiger partial charge in [0.2, 0.25) is 0 Å². The molecule has 0 saturated heterocycles. The molecule has 1 heterocycles. The standard InChI is InChI=1S/C11H14N4/c1-8-2-3-11(10(12)4-8)13-5-9-6-14-15-7-9/h2-4,6-7,13H,5,12H2,1H3,(H,14,15). The number of H-pyrrole nitrogens is 1. The lowest BCUT2D eigenvalue weighted by Crippen LogP contribution is -2.01. The molecule has 0 saturated carbocycles. The molecule has 1 aromatic heterocycles. The first-order valence-corrected chi connectivity index (χ1v) is 4.83. The van der Waals surface area contributed by atoms with Crippen LogP contribution in [0.25, 0.3) is 0 Å². The summed E-state index contributed by atoms with van der Waals surface area (Å²) in [6.45, 7) is 2.75. The summed E-state index contributed by atoms with van der Waals surface area (Å²) >= 11 is 0. The van der Waals surface area contributed by atoms with Crippen molar-refractivity contribution in [2.75, 3.05) is 11.1 Å². The van der Waals surface area contributed by atoms with Crippen LogP contribution >= 0.6 is 0 Å². The van der Waals surface area contributed by atoms with E-state index in [2.05, 4.69) is 15.5 Å². The van der Waals surface area contributed by atoms with Gasteiger partial charge < -0.3 is 11.1 Å². The molecule has 0 unspecified atom stereocenters. The lowest BCUT2D eigenvalue weighted by Gasteiger charge is -2.08. The summed E-state index contributed by atoms with van der Waals surface area (Å²) in [5.74, 6) is 0. The van der Waals surface area contributed by atoms with Crippen LogP contribution < -0.4 is 11.1 Å². The van der Waals surface area contributed by atoms with Gasteiger partial charge in [0.15, 0.2) is 0 Å². The number of nitrogen functional groups attached to an aromatic ring is 1. The highest BCUT2D eigenvalue weighted by Gasteiger charge is 1.99. The molecular weight excluding hydrogens is 188 g/mol. The number of aromatic amines is 1. The molecular formula is C11H14N4. The quantitative estimate of drug-likeness (QED) is 0.666. The van der Waals surface area contributed by atoms with Gasteiger partial charge in [0.25, 0.3) is 0 Å². The van der Waals surface area contributed by atoms with E-state index in [-0.39, 0.29) is 0 Å². The van der Waals surface area contributed by atoms with Crippen molar-refractivity contribution in [1.82, 2.24) is 10.2 Å². The predicted molar refractivity (Wildman–Crippen MR) is 61.5 cm³/mol. The molecule has 78 valence electrons. The Morgan fingerprint density at radius 1 is 1.47 bits per heavy atom. The lowest BCUT2D eigenvalue weighted by atomic mass is 10.2. The summed E-state index contributed by atoms with van der Waals surface area (Å²) in [4.78, 5) is 0. The fraction of sp³-hybridized carbons (Fsp3) is 0.182. The van der Waals surface area contributed by atoms with Gasteiger partial charge in [-0.3, -0.25) is 5.10 Å². The van der Waals surface area contributed by atoms with Crippen LogP contribution in [0, 0.1) is 6.92 Å². The number of benzene rings is 1. The highest BCUT2D eigenvalue weighted by Crippen LogP contribution is 2.19. The number of aryl methyl sites for hydroxylation is 1. The summed E-state index contributed by atoms with van der Waals surface area (Å²) in [6.07, 6.45) is 3.65. The van der Waals surface area contributed by atoms with Crippen molar-refractivity contribution in [3.8, 4) is 0 Å². The molecule has 4 heteroatoms. The van der Waals surface area contributed by atoms with Crippen LogP contribution in [0.15, 0.2) is 30.6 Å². The molecule has 4 nitrogen and oxygen atoms in total. The van der Waals surface area contributed by atoms with E-state index in [1.807, 2.05) is 31.3 Å². The van der Waals surface area contributed by atoms with Crippen LogP contribution in [0.1, 0.15) is 11.1 Å². The third-order valence-electron chi connectivity index (χ3n) is 2.24. The van der Waals surface area contributed by atoms with Crippen molar-refractivity contribution in [1.29, 1.82) is 0 Å². The molecule has 0 aliphatic heterocycles. The number of nitrogens with two attached hydrogens (primary N) is 1. The third kappa shape index (κ3) is 2.28. The zero-order valence-corrected chi connectivity index (χ0v) is 8.62. The number of nitrogens with zero attached hydrogens (tertiary/aromatic N) is 1. The third-order valence-corrected chi connectivity index (χ3v) is 2.24. The Hall–Kier alpha value is -1.97. The normalized spacial score (nSPS) is 10.2. The smallest absolute Gasteiger partial charge is 0.0576 e. The molecule has 15 heavy (non-hydrogen) atoms. The largest absolute Gasteiger partial charge is 0.397 e. The Balaban J connectivity index is 2.05. The Bertz CT molecular complexity index is 434. The number of hydrogen-bond acceptors (Lipinski definition) is 3. The average molecular weight is 202 g/mol. The molecule has 0 atom stereocenters. The van der Waals surface area contributed by atoms with Gasteiger partial charge in [-0.2, -0.15) is 5.10 Å². The highest BCUT2D eigenvalue weighted by molar-refractivity contribution is 5.66. The SMILES string of the molecule is Cc1ccc(NCc2cn[nH]c2)c(N)c1. The number of aromatic nitrogens is 2. The maximum absolute atomic E-state index is 5.87. The Labute approximate surface area is 88.5 Å². The summed E-state index contributed by atoms with van der Waals surface area (Å²) in [5.41, 5.74) is 9.89. The second-order valence-corrected chi connectivity index (χ2v) is 3.55. The Kier molecular flexibility index (Phi) is 2.58. The average Bonchev–Trinajstić information content (AvgIpc) is 2.69. The molecule has 0 amide bonds. The van der Waals surface area contributed by atoms with E-state index < -0.39 is 0 Å². The Morgan fingerprint density at radius 2 is 2.33 bits per heavy atom. The van der Waals surface area contributed by atoms with Crippen molar-refractivity contribution >= 4 is 11.4 Å². The lowest BCUT2D eigenvalue weighted by molar-refractivity contribution is 1.09. The fourth-order valence-corrected chi connectivity index (χ4v) is 1.41. The van der Waals surface area contributed by atoms with Crippen LogP contribution in [0.3, 0.4) is 0 Å². The second-order valence-electron chi connectivity index (χ2n) is 3.55. The first kappa shape index (κ1) is 9.58. The van der Waals surface area contributed by atoms with E-state index in [0.717, 1.165) is 23.5 Å². The highest BCUT2D eigenvalue weighted by atomic mass is 15.1. The molecule has 2 aromatic rings. The number of anilines is 2. The van der Waals surface area contributed by atoms with E-state index in [0.29, 0.717) is 0 Å².